The van der Waals surface area contributed by atoms with Gasteiger partial charge in [-0.2, -0.15) is 0 Å². The number of hydrogen-bond acceptors (Lipinski definition) is 3. The summed E-state index contributed by atoms with van der Waals surface area (Å²) in [6.45, 7) is 2.30. The first kappa shape index (κ1) is 14.8. The molecule has 0 aromatic heterocycles. The summed E-state index contributed by atoms with van der Waals surface area (Å²) in [6, 6.07) is 9.84. The highest BCUT2D eigenvalue weighted by atomic mass is 35.5. The number of carbonyl (C=O) groups is 1. The molecule has 2 rings (SSSR count). The zero-order valence-electron chi connectivity index (χ0n) is 10.2. The SMILES string of the molecule is Cl.O=C(CCOc1ccccc1)NC1CCNC1. The van der Waals surface area contributed by atoms with Crippen molar-refractivity contribution in [2.75, 3.05) is 19.7 Å². The molecule has 1 heterocycles. The Balaban J connectivity index is 0.00000162. The topological polar surface area (TPSA) is 50.4 Å². The van der Waals surface area contributed by atoms with Gasteiger partial charge in [-0.15, -0.1) is 12.4 Å². The fourth-order valence-corrected chi connectivity index (χ4v) is 1.86. The lowest BCUT2D eigenvalue weighted by Crippen LogP contribution is -2.36. The molecule has 5 heteroatoms. The Morgan fingerprint density at radius 3 is 2.83 bits per heavy atom. The zero-order valence-corrected chi connectivity index (χ0v) is 11.0. The normalized spacial score (nSPS) is 17.9. The monoisotopic (exact) mass is 270 g/mol. The number of hydrogen-bond donors (Lipinski definition) is 2. The van der Waals surface area contributed by atoms with Crippen LogP contribution in [0.25, 0.3) is 0 Å². The number of amides is 1. The van der Waals surface area contributed by atoms with Crippen LogP contribution in [0.5, 0.6) is 5.75 Å². The third kappa shape index (κ3) is 4.94. The van der Waals surface area contributed by atoms with E-state index in [0.29, 0.717) is 19.1 Å². The second-order valence-electron chi connectivity index (χ2n) is 4.17. The molecule has 0 spiro atoms. The summed E-state index contributed by atoms with van der Waals surface area (Å²) < 4.78 is 5.46. The van der Waals surface area contributed by atoms with E-state index >= 15 is 0 Å². The van der Waals surface area contributed by atoms with Crippen LogP contribution in [0.15, 0.2) is 30.3 Å². The van der Waals surface area contributed by atoms with Crippen molar-refractivity contribution in [3.05, 3.63) is 30.3 Å². The average molecular weight is 271 g/mol. The fraction of sp³-hybridized carbons (Fsp3) is 0.462. The van der Waals surface area contributed by atoms with Gasteiger partial charge in [-0.05, 0) is 25.1 Å². The standard InChI is InChI=1S/C13H18N2O2.ClH/c16-13(15-11-6-8-14-10-11)7-9-17-12-4-2-1-3-5-12;/h1-5,11,14H,6-10H2,(H,15,16);1H. The van der Waals surface area contributed by atoms with Crippen LogP contribution in [0.2, 0.25) is 0 Å². The summed E-state index contributed by atoms with van der Waals surface area (Å²) in [6.07, 6.45) is 1.43. The van der Waals surface area contributed by atoms with Crippen molar-refractivity contribution in [3.63, 3.8) is 0 Å². The third-order valence-corrected chi connectivity index (χ3v) is 2.77. The van der Waals surface area contributed by atoms with Crippen molar-refractivity contribution < 1.29 is 9.53 Å². The van der Waals surface area contributed by atoms with E-state index in [1.165, 1.54) is 0 Å². The fourth-order valence-electron chi connectivity index (χ4n) is 1.86. The van der Waals surface area contributed by atoms with Crippen molar-refractivity contribution in [2.45, 2.75) is 18.9 Å². The molecule has 1 aromatic rings. The van der Waals surface area contributed by atoms with Gasteiger partial charge < -0.3 is 15.4 Å². The molecule has 0 aliphatic carbocycles. The summed E-state index contributed by atoms with van der Waals surface area (Å²) in [5.74, 6) is 0.873. The van der Waals surface area contributed by atoms with Crippen molar-refractivity contribution in [3.8, 4) is 5.75 Å². The molecule has 1 aromatic carbocycles. The van der Waals surface area contributed by atoms with E-state index in [2.05, 4.69) is 10.6 Å². The van der Waals surface area contributed by atoms with Crippen LogP contribution in [-0.4, -0.2) is 31.6 Å². The molecule has 1 unspecified atom stereocenters. The van der Waals surface area contributed by atoms with Gasteiger partial charge in [0.1, 0.15) is 5.75 Å². The minimum Gasteiger partial charge on any atom is -0.493 e. The Hall–Kier alpha value is -1.26. The largest absolute Gasteiger partial charge is 0.493 e. The molecule has 2 N–H and O–H groups in total. The molecule has 1 aliphatic rings. The van der Waals surface area contributed by atoms with Gasteiger partial charge in [-0.25, -0.2) is 0 Å². The molecule has 1 aliphatic heterocycles. The van der Waals surface area contributed by atoms with Gasteiger partial charge in [0.2, 0.25) is 5.91 Å². The number of rotatable bonds is 5. The van der Waals surface area contributed by atoms with Gasteiger partial charge in [-0.3, -0.25) is 4.79 Å². The quantitative estimate of drug-likeness (QED) is 0.849. The predicted octanol–water partition coefficient (Wildman–Crippen LogP) is 1.36. The summed E-state index contributed by atoms with van der Waals surface area (Å²) in [5.41, 5.74) is 0. The van der Waals surface area contributed by atoms with Crippen molar-refractivity contribution >= 4 is 18.3 Å². The Bertz CT molecular complexity index is 353. The second-order valence-corrected chi connectivity index (χ2v) is 4.17. The first-order chi connectivity index (χ1) is 8.34. The number of ether oxygens (including phenoxy) is 1. The lowest BCUT2D eigenvalue weighted by molar-refractivity contribution is -0.122. The van der Waals surface area contributed by atoms with Gasteiger partial charge in [0.05, 0.1) is 13.0 Å². The van der Waals surface area contributed by atoms with Crippen LogP contribution in [0.1, 0.15) is 12.8 Å². The first-order valence-electron chi connectivity index (χ1n) is 6.02. The number of halogens is 1. The van der Waals surface area contributed by atoms with Crippen LogP contribution < -0.4 is 15.4 Å². The molecular weight excluding hydrogens is 252 g/mol. The molecular formula is C13H19ClN2O2. The Morgan fingerprint density at radius 2 is 2.17 bits per heavy atom. The van der Waals surface area contributed by atoms with Crippen LogP contribution in [-0.2, 0) is 4.79 Å². The molecule has 18 heavy (non-hydrogen) atoms. The lowest BCUT2D eigenvalue weighted by Gasteiger charge is -2.11. The van der Waals surface area contributed by atoms with E-state index in [4.69, 9.17) is 4.74 Å². The van der Waals surface area contributed by atoms with Crippen LogP contribution in [0, 0.1) is 0 Å². The van der Waals surface area contributed by atoms with Gasteiger partial charge in [0, 0.05) is 12.6 Å². The molecule has 0 bridgehead atoms. The average Bonchev–Trinajstić information content (AvgIpc) is 2.83. The van der Waals surface area contributed by atoms with Crippen molar-refractivity contribution in [1.29, 1.82) is 0 Å². The van der Waals surface area contributed by atoms with E-state index in [-0.39, 0.29) is 18.3 Å². The molecule has 1 atom stereocenters. The summed E-state index contributed by atoms with van der Waals surface area (Å²) >= 11 is 0. The van der Waals surface area contributed by atoms with Gasteiger partial charge in [-0.1, -0.05) is 18.2 Å². The number of carbonyl (C=O) groups excluding carboxylic acids is 1. The van der Waals surface area contributed by atoms with Gasteiger partial charge in [0.25, 0.3) is 0 Å². The van der Waals surface area contributed by atoms with Crippen LogP contribution >= 0.6 is 12.4 Å². The smallest absolute Gasteiger partial charge is 0.223 e. The highest BCUT2D eigenvalue weighted by Crippen LogP contribution is 2.08. The van der Waals surface area contributed by atoms with Crippen LogP contribution in [0.4, 0.5) is 0 Å². The zero-order chi connectivity index (χ0) is 11.9. The van der Waals surface area contributed by atoms with E-state index in [1.54, 1.807) is 0 Å². The van der Waals surface area contributed by atoms with E-state index < -0.39 is 0 Å². The molecule has 0 radical (unpaired) electrons. The molecule has 100 valence electrons. The van der Waals surface area contributed by atoms with Gasteiger partial charge in [0.15, 0.2) is 0 Å². The van der Waals surface area contributed by atoms with Gasteiger partial charge >= 0.3 is 0 Å². The first-order valence-corrected chi connectivity index (χ1v) is 6.02. The molecule has 1 saturated heterocycles. The second kappa shape index (κ2) is 7.95. The highest BCUT2D eigenvalue weighted by Gasteiger charge is 2.16. The summed E-state index contributed by atoms with van der Waals surface area (Å²) in [5, 5.41) is 6.20. The highest BCUT2D eigenvalue weighted by molar-refractivity contribution is 5.85. The lowest BCUT2D eigenvalue weighted by atomic mass is 10.2. The Morgan fingerprint density at radius 1 is 1.39 bits per heavy atom. The Labute approximate surface area is 114 Å². The van der Waals surface area contributed by atoms with E-state index in [1.807, 2.05) is 30.3 Å². The van der Waals surface area contributed by atoms with E-state index in [9.17, 15) is 4.79 Å². The maximum atomic E-state index is 11.6. The number of para-hydroxylation sites is 1. The maximum Gasteiger partial charge on any atom is 0.223 e. The van der Waals surface area contributed by atoms with Crippen LogP contribution in [0.3, 0.4) is 0 Å². The van der Waals surface area contributed by atoms with Crippen molar-refractivity contribution in [2.24, 2.45) is 0 Å². The minimum absolute atomic E-state index is 0. The summed E-state index contributed by atoms with van der Waals surface area (Å²) in [7, 11) is 0. The molecule has 0 saturated carbocycles. The predicted molar refractivity (Wildman–Crippen MR) is 73.2 cm³/mol. The number of benzene rings is 1. The molecule has 1 amide bonds. The summed E-state index contributed by atoms with van der Waals surface area (Å²) in [4.78, 5) is 11.6. The third-order valence-electron chi connectivity index (χ3n) is 2.77. The maximum absolute atomic E-state index is 11.6. The van der Waals surface area contributed by atoms with Crippen molar-refractivity contribution in [1.82, 2.24) is 10.6 Å². The number of nitrogens with one attached hydrogen (secondary N) is 2. The Kier molecular flexibility index (Phi) is 6.54. The molecule has 1 fully saturated rings. The van der Waals surface area contributed by atoms with E-state index in [0.717, 1.165) is 25.3 Å². The minimum atomic E-state index is 0. The molecule has 4 nitrogen and oxygen atoms in total.